The van der Waals surface area contributed by atoms with Gasteiger partial charge in [0.1, 0.15) is 23.1 Å². The Hall–Kier alpha value is -3.46. The van der Waals surface area contributed by atoms with Gasteiger partial charge in [-0.2, -0.15) is 10.2 Å². The summed E-state index contributed by atoms with van der Waals surface area (Å²) in [6.07, 6.45) is 3.16. The number of rotatable bonds is 4. The number of fused-ring (bicyclic) bond motifs is 1. The van der Waals surface area contributed by atoms with Crippen LogP contribution in [0.3, 0.4) is 0 Å². The van der Waals surface area contributed by atoms with E-state index in [1.54, 1.807) is 23.0 Å². The fraction of sp³-hybridized carbons (Fsp3) is 0.304. The van der Waals surface area contributed by atoms with E-state index in [1.165, 1.54) is 12.1 Å². The number of halogens is 2. The molecule has 1 aromatic carbocycles. The number of nitrogens with zero attached hydrogens (tertiary/aromatic N) is 7. The number of imidazole rings is 1. The number of aromatic nitrogens is 5. The lowest BCUT2D eigenvalue weighted by atomic mass is 10.1. The SMILES string of the molecule is CC(C)N1CCN(c2ccc3nc(-c4cc(F)cc(F)c4)c(-c4ccnnc4)n3n2)CC1. The van der Waals surface area contributed by atoms with Crippen LogP contribution in [-0.4, -0.2) is 61.9 Å². The van der Waals surface area contributed by atoms with Crippen molar-refractivity contribution >= 4 is 11.5 Å². The van der Waals surface area contributed by atoms with Gasteiger partial charge in [-0.15, -0.1) is 5.10 Å². The van der Waals surface area contributed by atoms with Gasteiger partial charge in [0, 0.05) is 49.4 Å². The third-order valence-corrected chi connectivity index (χ3v) is 5.83. The molecule has 32 heavy (non-hydrogen) atoms. The highest BCUT2D eigenvalue weighted by atomic mass is 19.1. The predicted molar refractivity (Wildman–Crippen MR) is 118 cm³/mol. The summed E-state index contributed by atoms with van der Waals surface area (Å²) in [5.41, 5.74) is 2.68. The molecule has 1 aliphatic rings. The first-order valence-corrected chi connectivity index (χ1v) is 10.6. The van der Waals surface area contributed by atoms with Crippen LogP contribution in [0.15, 0.2) is 48.8 Å². The minimum Gasteiger partial charge on any atom is -0.353 e. The van der Waals surface area contributed by atoms with Crippen LogP contribution in [0.5, 0.6) is 0 Å². The zero-order chi connectivity index (χ0) is 22.2. The van der Waals surface area contributed by atoms with Gasteiger partial charge in [-0.1, -0.05) is 0 Å². The van der Waals surface area contributed by atoms with Gasteiger partial charge in [0.2, 0.25) is 0 Å². The summed E-state index contributed by atoms with van der Waals surface area (Å²) >= 11 is 0. The van der Waals surface area contributed by atoms with Crippen LogP contribution in [0.1, 0.15) is 13.8 Å². The van der Waals surface area contributed by atoms with Crippen LogP contribution in [0.4, 0.5) is 14.6 Å². The standard InChI is InChI=1S/C23H23F2N7/c1-15(2)30-7-9-31(10-8-30)21-4-3-20-28-22(17-11-18(24)13-19(25)12-17)23(32(20)29-21)16-5-6-26-27-14-16/h3-6,11-15H,7-10H2,1-2H3. The molecular formula is C23H23F2N7. The molecule has 0 radical (unpaired) electrons. The van der Waals surface area contributed by atoms with Crippen LogP contribution < -0.4 is 4.90 Å². The summed E-state index contributed by atoms with van der Waals surface area (Å²) in [5, 5.41) is 12.7. The third-order valence-electron chi connectivity index (χ3n) is 5.83. The zero-order valence-electron chi connectivity index (χ0n) is 17.9. The van der Waals surface area contributed by atoms with Crippen LogP contribution in [0.25, 0.3) is 28.2 Å². The zero-order valence-corrected chi connectivity index (χ0v) is 17.9. The molecule has 164 valence electrons. The van der Waals surface area contributed by atoms with E-state index in [2.05, 4.69) is 38.8 Å². The predicted octanol–water partition coefficient (Wildman–Crippen LogP) is 3.66. The fourth-order valence-electron chi connectivity index (χ4n) is 4.14. The van der Waals surface area contributed by atoms with Gasteiger partial charge in [-0.25, -0.2) is 18.3 Å². The van der Waals surface area contributed by atoms with E-state index in [-0.39, 0.29) is 0 Å². The quantitative estimate of drug-likeness (QED) is 0.488. The normalized spacial score (nSPS) is 15.1. The molecular weight excluding hydrogens is 412 g/mol. The molecule has 4 aromatic rings. The second-order valence-electron chi connectivity index (χ2n) is 8.18. The first kappa shape index (κ1) is 20.4. The summed E-state index contributed by atoms with van der Waals surface area (Å²) in [6.45, 7) is 8.10. The minimum atomic E-state index is -0.660. The van der Waals surface area contributed by atoms with Gasteiger partial charge in [-0.05, 0) is 44.2 Å². The number of hydrogen-bond donors (Lipinski definition) is 0. The van der Waals surface area contributed by atoms with Crippen molar-refractivity contribution in [1.29, 1.82) is 0 Å². The third kappa shape index (κ3) is 3.80. The van der Waals surface area contributed by atoms with Crippen LogP contribution >= 0.6 is 0 Å². The molecule has 0 spiro atoms. The molecule has 1 saturated heterocycles. The molecule has 0 bridgehead atoms. The lowest BCUT2D eigenvalue weighted by Crippen LogP contribution is -2.49. The maximum Gasteiger partial charge on any atom is 0.155 e. The van der Waals surface area contributed by atoms with Gasteiger partial charge >= 0.3 is 0 Å². The minimum absolute atomic E-state index is 0.340. The van der Waals surface area contributed by atoms with E-state index >= 15 is 0 Å². The Morgan fingerprint density at radius 1 is 0.875 bits per heavy atom. The molecule has 0 unspecified atom stereocenters. The lowest BCUT2D eigenvalue weighted by Gasteiger charge is -2.37. The summed E-state index contributed by atoms with van der Waals surface area (Å²) in [4.78, 5) is 9.34. The molecule has 7 nitrogen and oxygen atoms in total. The maximum atomic E-state index is 14.0. The van der Waals surface area contributed by atoms with E-state index in [4.69, 9.17) is 5.10 Å². The van der Waals surface area contributed by atoms with Crippen molar-refractivity contribution in [2.24, 2.45) is 0 Å². The van der Waals surface area contributed by atoms with Crippen molar-refractivity contribution in [3.63, 3.8) is 0 Å². The van der Waals surface area contributed by atoms with E-state index < -0.39 is 11.6 Å². The van der Waals surface area contributed by atoms with Crippen molar-refractivity contribution in [2.45, 2.75) is 19.9 Å². The number of benzene rings is 1. The Morgan fingerprint density at radius 2 is 1.62 bits per heavy atom. The number of hydrogen-bond acceptors (Lipinski definition) is 6. The highest BCUT2D eigenvalue weighted by Gasteiger charge is 2.23. The maximum absolute atomic E-state index is 14.0. The first-order chi connectivity index (χ1) is 15.5. The fourth-order valence-corrected chi connectivity index (χ4v) is 4.14. The van der Waals surface area contributed by atoms with E-state index in [0.717, 1.165) is 38.1 Å². The van der Waals surface area contributed by atoms with Crippen LogP contribution in [0, 0.1) is 11.6 Å². The molecule has 1 aliphatic heterocycles. The van der Waals surface area contributed by atoms with Gasteiger partial charge in [0.15, 0.2) is 5.65 Å². The smallest absolute Gasteiger partial charge is 0.155 e. The molecule has 0 amide bonds. The second-order valence-corrected chi connectivity index (χ2v) is 8.18. The van der Waals surface area contributed by atoms with Gasteiger partial charge < -0.3 is 4.90 Å². The van der Waals surface area contributed by atoms with Crippen molar-refractivity contribution in [1.82, 2.24) is 29.7 Å². The molecule has 0 saturated carbocycles. The average Bonchev–Trinajstić information content (AvgIpc) is 3.18. The highest BCUT2D eigenvalue weighted by Crippen LogP contribution is 2.33. The molecule has 0 aliphatic carbocycles. The van der Waals surface area contributed by atoms with Crippen LogP contribution in [0.2, 0.25) is 0 Å². The summed E-state index contributed by atoms with van der Waals surface area (Å²) in [7, 11) is 0. The molecule has 4 heterocycles. The van der Waals surface area contributed by atoms with Crippen molar-refractivity contribution in [2.75, 3.05) is 31.1 Å². The Labute approximate surface area is 184 Å². The molecule has 5 rings (SSSR count). The molecule has 3 aromatic heterocycles. The van der Waals surface area contributed by atoms with Crippen LogP contribution in [-0.2, 0) is 0 Å². The molecule has 0 atom stereocenters. The summed E-state index contributed by atoms with van der Waals surface area (Å²) < 4.78 is 29.7. The van der Waals surface area contributed by atoms with Gasteiger partial charge in [0.25, 0.3) is 0 Å². The lowest BCUT2D eigenvalue weighted by molar-refractivity contribution is 0.209. The van der Waals surface area contributed by atoms with Gasteiger partial charge in [-0.3, -0.25) is 4.90 Å². The number of anilines is 1. The summed E-state index contributed by atoms with van der Waals surface area (Å²) in [5.74, 6) is -0.487. The largest absolute Gasteiger partial charge is 0.353 e. The Morgan fingerprint density at radius 3 is 2.28 bits per heavy atom. The van der Waals surface area contributed by atoms with E-state index in [1.807, 2.05) is 12.1 Å². The van der Waals surface area contributed by atoms with Gasteiger partial charge in [0.05, 0.1) is 18.1 Å². The average molecular weight is 435 g/mol. The number of piperazine rings is 1. The molecule has 1 fully saturated rings. The van der Waals surface area contributed by atoms with Crippen molar-refractivity contribution in [3.05, 3.63) is 60.4 Å². The Kier molecular flexibility index (Phi) is 5.26. The highest BCUT2D eigenvalue weighted by molar-refractivity contribution is 5.81. The Balaban J connectivity index is 1.62. The van der Waals surface area contributed by atoms with E-state index in [0.29, 0.717) is 34.2 Å². The first-order valence-electron chi connectivity index (χ1n) is 10.6. The van der Waals surface area contributed by atoms with E-state index in [9.17, 15) is 8.78 Å². The monoisotopic (exact) mass is 435 g/mol. The van der Waals surface area contributed by atoms with Crippen molar-refractivity contribution < 1.29 is 8.78 Å². The van der Waals surface area contributed by atoms with Crippen molar-refractivity contribution in [3.8, 4) is 22.5 Å². The molecule has 0 N–H and O–H groups in total. The Bertz CT molecular complexity index is 1230. The topological polar surface area (TPSA) is 62.5 Å². The molecule has 9 heteroatoms. The second kappa shape index (κ2) is 8.23. The summed E-state index contributed by atoms with van der Waals surface area (Å²) in [6, 6.07) is 9.52.